The van der Waals surface area contributed by atoms with Gasteiger partial charge in [0.05, 0.1) is 13.2 Å². The zero-order chi connectivity index (χ0) is 13.5. The van der Waals surface area contributed by atoms with Crippen LogP contribution in [-0.2, 0) is 4.79 Å². The number of rotatable bonds is 5. The Labute approximate surface area is 105 Å². The van der Waals surface area contributed by atoms with Gasteiger partial charge in [0.25, 0.3) is 0 Å². The van der Waals surface area contributed by atoms with Crippen LogP contribution in [0.3, 0.4) is 0 Å². The minimum Gasteiger partial charge on any atom is -0.494 e. The number of methoxy groups -OCH3 is 1. The van der Waals surface area contributed by atoms with Crippen molar-refractivity contribution in [1.29, 1.82) is 0 Å². The highest BCUT2D eigenvalue weighted by Gasteiger charge is 2.02. The SMILES string of the molecule is COc1ccc(/C=C/C(=O)NC[C@@H](C)O)cc1F. The third-order valence-corrected chi connectivity index (χ3v) is 2.17. The summed E-state index contributed by atoms with van der Waals surface area (Å²) in [5, 5.41) is 11.5. The van der Waals surface area contributed by atoms with Gasteiger partial charge in [-0.1, -0.05) is 6.07 Å². The van der Waals surface area contributed by atoms with Crippen LogP contribution in [0.15, 0.2) is 24.3 Å². The largest absolute Gasteiger partial charge is 0.494 e. The number of amides is 1. The molecule has 0 fully saturated rings. The van der Waals surface area contributed by atoms with E-state index in [9.17, 15) is 9.18 Å². The highest BCUT2D eigenvalue weighted by atomic mass is 19.1. The standard InChI is InChI=1S/C13H16FNO3/c1-9(16)8-15-13(17)6-4-10-3-5-12(18-2)11(14)7-10/h3-7,9,16H,8H2,1-2H3,(H,15,17)/b6-4+/t9-/m1/s1. The van der Waals surface area contributed by atoms with Crippen molar-refractivity contribution in [2.75, 3.05) is 13.7 Å². The molecule has 1 atom stereocenters. The van der Waals surface area contributed by atoms with Gasteiger partial charge >= 0.3 is 0 Å². The topological polar surface area (TPSA) is 58.6 Å². The van der Waals surface area contributed by atoms with Crippen LogP contribution in [0, 0.1) is 5.82 Å². The maximum atomic E-state index is 13.3. The third kappa shape index (κ3) is 4.55. The molecule has 0 heterocycles. The Morgan fingerprint density at radius 2 is 2.33 bits per heavy atom. The third-order valence-electron chi connectivity index (χ3n) is 2.17. The van der Waals surface area contributed by atoms with E-state index in [0.717, 1.165) is 0 Å². The van der Waals surface area contributed by atoms with Gasteiger partial charge in [0.2, 0.25) is 5.91 Å². The van der Waals surface area contributed by atoms with E-state index in [4.69, 9.17) is 9.84 Å². The molecule has 0 saturated carbocycles. The smallest absolute Gasteiger partial charge is 0.244 e. The number of hydrogen-bond acceptors (Lipinski definition) is 3. The zero-order valence-electron chi connectivity index (χ0n) is 10.3. The van der Waals surface area contributed by atoms with E-state index in [-0.39, 0.29) is 18.2 Å². The van der Waals surface area contributed by atoms with Crippen molar-refractivity contribution in [3.63, 3.8) is 0 Å². The van der Waals surface area contributed by atoms with Gasteiger partial charge < -0.3 is 15.2 Å². The van der Waals surface area contributed by atoms with Gasteiger partial charge in [-0.15, -0.1) is 0 Å². The van der Waals surface area contributed by atoms with Gasteiger partial charge in [-0.25, -0.2) is 4.39 Å². The molecule has 1 rings (SSSR count). The second-order valence-electron chi connectivity index (χ2n) is 3.82. The van der Waals surface area contributed by atoms with Gasteiger partial charge in [-0.3, -0.25) is 4.79 Å². The number of ether oxygens (including phenoxy) is 1. The molecule has 0 aliphatic rings. The molecule has 0 aromatic heterocycles. The van der Waals surface area contributed by atoms with E-state index in [1.54, 1.807) is 13.0 Å². The fourth-order valence-corrected chi connectivity index (χ4v) is 1.27. The molecule has 18 heavy (non-hydrogen) atoms. The number of nitrogens with one attached hydrogen (secondary N) is 1. The summed E-state index contributed by atoms with van der Waals surface area (Å²) < 4.78 is 18.1. The van der Waals surface area contributed by atoms with E-state index in [0.29, 0.717) is 5.56 Å². The molecule has 5 heteroatoms. The summed E-state index contributed by atoms with van der Waals surface area (Å²) >= 11 is 0. The Kier molecular flexibility index (Phi) is 5.32. The summed E-state index contributed by atoms with van der Waals surface area (Å²) in [6, 6.07) is 4.40. The molecule has 0 radical (unpaired) electrons. The molecule has 1 amide bonds. The summed E-state index contributed by atoms with van der Waals surface area (Å²) in [7, 11) is 1.39. The fraction of sp³-hybridized carbons (Fsp3) is 0.308. The van der Waals surface area contributed by atoms with Crippen LogP contribution >= 0.6 is 0 Å². The highest BCUT2D eigenvalue weighted by Crippen LogP contribution is 2.18. The van der Waals surface area contributed by atoms with Crippen molar-refractivity contribution in [3.05, 3.63) is 35.7 Å². The Morgan fingerprint density at radius 1 is 1.61 bits per heavy atom. The Hall–Kier alpha value is -1.88. The first-order valence-corrected chi connectivity index (χ1v) is 5.50. The Balaban J connectivity index is 2.61. The van der Waals surface area contributed by atoms with Crippen LogP contribution < -0.4 is 10.1 Å². The monoisotopic (exact) mass is 253 g/mol. The van der Waals surface area contributed by atoms with Crippen molar-refractivity contribution in [1.82, 2.24) is 5.32 Å². The van der Waals surface area contributed by atoms with Crippen molar-refractivity contribution in [2.45, 2.75) is 13.0 Å². The van der Waals surface area contributed by atoms with Crippen molar-refractivity contribution < 1.29 is 19.0 Å². The summed E-state index contributed by atoms with van der Waals surface area (Å²) in [5.74, 6) is -0.665. The van der Waals surface area contributed by atoms with Gasteiger partial charge in [-0.2, -0.15) is 0 Å². The predicted octanol–water partition coefficient (Wildman–Crippen LogP) is 1.34. The normalized spacial score (nSPS) is 12.4. The lowest BCUT2D eigenvalue weighted by Crippen LogP contribution is -2.28. The molecule has 0 unspecified atom stereocenters. The van der Waals surface area contributed by atoms with Gasteiger partial charge in [0, 0.05) is 12.6 Å². The predicted molar refractivity (Wildman–Crippen MR) is 66.7 cm³/mol. The molecule has 98 valence electrons. The van der Waals surface area contributed by atoms with Crippen LogP contribution in [-0.4, -0.2) is 30.8 Å². The van der Waals surface area contributed by atoms with Crippen LogP contribution in [0.25, 0.3) is 6.08 Å². The molecule has 4 nitrogen and oxygen atoms in total. The minimum absolute atomic E-state index is 0.158. The number of hydrogen-bond donors (Lipinski definition) is 2. The number of aliphatic hydroxyl groups excluding tert-OH is 1. The second kappa shape index (κ2) is 6.76. The van der Waals surface area contributed by atoms with Crippen LogP contribution in [0.5, 0.6) is 5.75 Å². The average molecular weight is 253 g/mol. The lowest BCUT2D eigenvalue weighted by Gasteiger charge is -2.04. The molecule has 0 bridgehead atoms. The Bertz CT molecular complexity index is 444. The van der Waals surface area contributed by atoms with Crippen LogP contribution in [0.4, 0.5) is 4.39 Å². The molecule has 0 aliphatic heterocycles. The van der Waals surface area contributed by atoms with Gasteiger partial charge in [0.1, 0.15) is 0 Å². The maximum absolute atomic E-state index is 13.3. The number of benzene rings is 1. The average Bonchev–Trinajstić information content (AvgIpc) is 2.34. The van der Waals surface area contributed by atoms with Crippen molar-refractivity contribution in [2.24, 2.45) is 0 Å². The summed E-state index contributed by atoms with van der Waals surface area (Å²) in [4.78, 5) is 11.3. The van der Waals surface area contributed by atoms with E-state index >= 15 is 0 Å². The Morgan fingerprint density at radius 3 is 2.89 bits per heavy atom. The van der Waals surface area contributed by atoms with Gasteiger partial charge in [0.15, 0.2) is 11.6 Å². The highest BCUT2D eigenvalue weighted by molar-refractivity contribution is 5.91. The molecule has 1 aromatic carbocycles. The first kappa shape index (κ1) is 14.2. The molecule has 0 saturated heterocycles. The van der Waals surface area contributed by atoms with E-state index in [1.165, 1.54) is 31.4 Å². The van der Waals surface area contributed by atoms with E-state index < -0.39 is 11.9 Å². The maximum Gasteiger partial charge on any atom is 0.244 e. The van der Waals surface area contributed by atoms with Crippen molar-refractivity contribution >= 4 is 12.0 Å². The molecule has 2 N–H and O–H groups in total. The molecular formula is C13H16FNO3. The van der Waals surface area contributed by atoms with Crippen LogP contribution in [0.2, 0.25) is 0 Å². The summed E-state index contributed by atoms with van der Waals surface area (Å²) in [6.45, 7) is 1.75. The first-order valence-electron chi connectivity index (χ1n) is 5.50. The number of carbonyl (C=O) groups is 1. The lowest BCUT2D eigenvalue weighted by molar-refractivity contribution is -0.116. The van der Waals surface area contributed by atoms with E-state index in [2.05, 4.69) is 5.32 Å². The minimum atomic E-state index is -0.596. The lowest BCUT2D eigenvalue weighted by atomic mass is 10.2. The number of halogens is 1. The van der Waals surface area contributed by atoms with Crippen molar-refractivity contribution in [3.8, 4) is 5.75 Å². The number of aliphatic hydroxyl groups is 1. The zero-order valence-corrected chi connectivity index (χ0v) is 10.3. The second-order valence-corrected chi connectivity index (χ2v) is 3.82. The molecule has 0 spiro atoms. The molecule has 1 aromatic rings. The van der Waals surface area contributed by atoms with Crippen LogP contribution in [0.1, 0.15) is 12.5 Å². The molecule has 0 aliphatic carbocycles. The summed E-state index contributed by atoms with van der Waals surface area (Å²) in [6.07, 6.45) is 2.17. The quantitative estimate of drug-likeness (QED) is 0.779. The van der Waals surface area contributed by atoms with Gasteiger partial charge in [-0.05, 0) is 30.7 Å². The first-order chi connectivity index (χ1) is 8.52. The summed E-state index contributed by atoms with van der Waals surface area (Å²) in [5.41, 5.74) is 0.556. The fourth-order valence-electron chi connectivity index (χ4n) is 1.27. The number of carbonyl (C=O) groups excluding carboxylic acids is 1. The molecular weight excluding hydrogens is 237 g/mol. The van der Waals surface area contributed by atoms with E-state index in [1.807, 2.05) is 0 Å².